The smallest absolute Gasteiger partial charge is 0.166 e. The van der Waals surface area contributed by atoms with Gasteiger partial charge in [0, 0.05) is 12.5 Å². The van der Waals surface area contributed by atoms with Gasteiger partial charge in [-0.2, -0.15) is 0 Å². The minimum atomic E-state index is -0.855. The van der Waals surface area contributed by atoms with Gasteiger partial charge in [0.2, 0.25) is 0 Å². The van der Waals surface area contributed by atoms with Crippen molar-refractivity contribution in [3.63, 3.8) is 0 Å². The van der Waals surface area contributed by atoms with Crippen LogP contribution >= 0.6 is 11.6 Å². The van der Waals surface area contributed by atoms with Gasteiger partial charge in [-0.15, -0.1) is 0 Å². The molecular formula is C13H16ClF2NO2. The van der Waals surface area contributed by atoms with Crippen LogP contribution < -0.4 is 0 Å². The molecule has 0 N–H and O–H groups in total. The van der Waals surface area contributed by atoms with Crippen molar-refractivity contribution in [3.05, 3.63) is 28.5 Å². The second kappa shape index (κ2) is 6.59. The highest BCUT2D eigenvalue weighted by atomic mass is 35.5. The Labute approximate surface area is 115 Å². The summed E-state index contributed by atoms with van der Waals surface area (Å²) in [7, 11) is 0. The molecule has 19 heavy (non-hydrogen) atoms. The Morgan fingerprint density at radius 2 is 2.32 bits per heavy atom. The average Bonchev–Trinajstić information content (AvgIpc) is 2.43. The summed E-state index contributed by atoms with van der Waals surface area (Å²) in [5.74, 6) is -1.99. The monoisotopic (exact) mass is 291 g/mol. The Balaban J connectivity index is 1.95. The number of hydrogen-bond donors (Lipinski definition) is 0. The Morgan fingerprint density at radius 1 is 1.53 bits per heavy atom. The van der Waals surface area contributed by atoms with Crippen LogP contribution in [0, 0.1) is 11.6 Å². The second-order valence-electron chi connectivity index (χ2n) is 4.65. The van der Waals surface area contributed by atoms with Gasteiger partial charge in [0.05, 0.1) is 18.5 Å². The molecule has 0 bridgehead atoms. The van der Waals surface area contributed by atoms with Gasteiger partial charge < -0.3 is 9.47 Å². The lowest BCUT2D eigenvalue weighted by Crippen LogP contribution is -2.24. The summed E-state index contributed by atoms with van der Waals surface area (Å²) >= 11 is 5.52. The van der Waals surface area contributed by atoms with E-state index in [0.717, 1.165) is 25.5 Å². The molecule has 1 saturated heterocycles. The van der Waals surface area contributed by atoms with Gasteiger partial charge in [0.15, 0.2) is 17.9 Å². The van der Waals surface area contributed by atoms with E-state index in [9.17, 15) is 8.78 Å². The summed E-state index contributed by atoms with van der Waals surface area (Å²) in [5.41, 5.74) is 0.113. The summed E-state index contributed by atoms with van der Waals surface area (Å²) < 4.78 is 37.7. The van der Waals surface area contributed by atoms with Crippen LogP contribution in [0.4, 0.5) is 8.78 Å². The first-order valence-corrected chi connectivity index (χ1v) is 6.70. The molecule has 2 unspecified atom stereocenters. The molecule has 1 fully saturated rings. The third-order valence-electron chi connectivity index (χ3n) is 3.08. The summed E-state index contributed by atoms with van der Waals surface area (Å²) in [5, 5.41) is -0.522. The highest BCUT2D eigenvalue weighted by molar-refractivity contribution is 6.30. The predicted octanol–water partition coefficient (Wildman–Crippen LogP) is 3.66. The molecule has 0 saturated carbocycles. The SMILES string of the molecule is CC(COC1CCCCO1)c1ncc(F)c(Cl)c1F. The van der Waals surface area contributed by atoms with Crippen molar-refractivity contribution in [3.8, 4) is 0 Å². The minimum Gasteiger partial charge on any atom is -0.353 e. The lowest BCUT2D eigenvalue weighted by Gasteiger charge is -2.24. The zero-order valence-corrected chi connectivity index (χ0v) is 11.4. The molecule has 0 aromatic carbocycles. The number of rotatable bonds is 4. The third kappa shape index (κ3) is 3.61. The summed E-state index contributed by atoms with van der Waals surface area (Å²) in [6.07, 6.45) is 3.63. The van der Waals surface area contributed by atoms with Gasteiger partial charge in [0.25, 0.3) is 0 Å². The molecule has 1 aliphatic rings. The summed E-state index contributed by atoms with van der Waals surface area (Å²) in [6, 6.07) is 0. The van der Waals surface area contributed by atoms with Gasteiger partial charge >= 0.3 is 0 Å². The number of halogens is 3. The second-order valence-corrected chi connectivity index (χ2v) is 5.03. The standard InChI is InChI=1S/C13H16ClF2NO2/c1-8(7-19-10-4-2-3-5-18-10)13-12(16)11(14)9(15)6-17-13/h6,8,10H,2-5,7H2,1H3. The normalized spacial score (nSPS) is 21.4. The van der Waals surface area contributed by atoms with Crippen LogP contribution in [0.25, 0.3) is 0 Å². The van der Waals surface area contributed by atoms with E-state index in [4.69, 9.17) is 21.1 Å². The Kier molecular flexibility index (Phi) is 5.07. The van der Waals surface area contributed by atoms with Crippen molar-refractivity contribution < 1.29 is 18.3 Å². The molecule has 0 spiro atoms. The Morgan fingerprint density at radius 3 is 3.00 bits per heavy atom. The first kappa shape index (κ1) is 14.6. The summed E-state index contributed by atoms with van der Waals surface area (Å²) in [6.45, 7) is 2.70. The number of pyridine rings is 1. The van der Waals surface area contributed by atoms with Crippen molar-refractivity contribution >= 4 is 11.6 Å². The molecule has 0 radical (unpaired) electrons. The molecule has 2 rings (SSSR count). The third-order valence-corrected chi connectivity index (χ3v) is 3.43. The van der Waals surface area contributed by atoms with E-state index >= 15 is 0 Å². The zero-order chi connectivity index (χ0) is 13.8. The quantitative estimate of drug-likeness (QED) is 0.848. The number of hydrogen-bond acceptors (Lipinski definition) is 3. The van der Waals surface area contributed by atoms with Crippen LogP contribution in [0.3, 0.4) is 0 Å². The van der Waals surface area contributed by atoms with E-state index in [1.165, 1.54) is 0 Å². The number of nitrogens with zero attached hydrogens (tertiary/aromatic N) is 1. The molecule has 2 heterocycles. The van der Waals surface area contributed by atoms with Crippen LogP contribution in [-0.4, -0.2) is 24.5 Å². The maximum Gasteiger partial charge on any atom is 0.166 e. The fourth-order valence-electron chi connectivity index (χ4n) is 1.97. The van der Waals surface area contributed by atoms with E-state index in [1.807, 2.05) is 0 Å². The van der Waals surface area contributed by atoms with Gasteiger partial charge in [-0.25, -0.2) is 8.78 Å². The van der Waals surface area contributed by atoms with E-state index in [-0.39, 0.29) is 24.5 Å². The van der Waals surface area contributed by atoms with E-state index in [0.29, 0.717) is 6.61 Å². The van der Waals surface area contributed by atoms with E-state index < -0.39 is 16.7 Å². The number of ether oxygens (including phenoxy) is 2. The van der Waals surface area contributed by atoms with Gasteiger partial charge in [0.1, 0.15) is 5.02 Å². The van der Waals surface area contributed by atoms with Crippen LogP contribution in [0.5, 0.6) is 0 Å². The van der Waals surface area contributed by atoms with Crippen LogP contribution in [0.2, 0.25) is 5.02 Å². The topological polar surface area (TPSA) is 31.4 Å². The molecule has 2 atom stereocenters. The molecule has 0 amide bonds. The van der Waals surface area contributed by atoms with Crippen molar-refractivity contribution in [2.75, 3.05) is 13.2 Å². The molecule has 1 aliphatic heterocycles. The Bertz CT molecular complexity index is 439. The van der Waals surface area contributed by atoms with Crippen molar-refractivity contribution in [2.45, 2.75) is 38.4 Å². The van der Waals surface area contributed by atoms with Crippen molar-refractivity contribution in [1.82, 2.24) is 4.98 Å². The summed E-state index contributed by atoms with van der Waals surface area (Å²) in [4.78, 5) is 3.75. The number of aromatic nitrogens is 1. The Hall–Kier alpha value is -0.780. The fraction of sp³-hybridized carbons (Fsp3) is 0.615. The molecule has 106 valence electrons. The largest absolute Gasteiger partial charge is 0.353 e. The zero-order valence-electron chi connectivity index (χ0n) is 10.7. The molecule has 0 aliphatic carbocycles. The van der Waals surface area contributed by atoms with Crippen LogP contribution in [-0.2, 0) is 9.47 Å². The molecule has 6 heteroatoms. The van der Waals surface area contributed by atoms with Gasteiger partial charge in [-0.3, -0.25) is 4.98 Å². The first-order chi connectivity index (χ1) is 9.09. The maximum absolute atomic E-state index is 13.8. The maximum atomic E-state index is 13.8. The first-order valence-electron chi connectivity index (χ1n) is 6.32. The fourth-order valence-corrected chi connectivity index (χ4v) is 2.12. The van der Waals surface area contributed by atoms with Crippen LogP contribution in [0.15, 0.2) is 6.20 Å². The molecular weight excluding hydrogens is 276 g/mol. The lowest BCUT2D eigenvalue weighted by molar-refractivity contribution is -0.164. The molecule has 1 aromatic rings. The van der Waals surface area contributed by atoms with Crippen molar-refractivity contribution in [1.29, 1.82) is 0 Å². The lowest BCUT2D eigenvalue weighted by atomic mass is 10.1. The minimum absolute atomic E-state index is 0.113. The van der Waals surface area contributed by atoms with Crippen molar-refractivity contribution in [2.24, 2.45) is 0 Å². The predicted molar refractivity (Wildman–Crippen MR) is 67.1 cm³/mol. The molecule has 3 nitrogen and oxygen atoms in total. The highest BCUT2D eigenvalue weighted by Crippen LogP contribution is 2.26. The average molecular weight is 292 g/mol. The molecule has 1 aromatic heterocycles. The van der Waals surface area contributed by atoms with Gasteiger partial charge in [-0.1, -0.05) is 18.5 Å². The highest BCUT2D eigenvalue weighted by Gasteiger charge is 2.21. The van der Waals surface area contributed by atoms with Gasteiger partial charge in [-0.05, 0) is 19.3 Å². The van der Waals surface area contributed by atoms with Crippen LogP contribution in [0.1, 0.15) is 37.8 Å². The van der Waals surface area contributed by atoms with E-state index in [2.05, 4.69) is 4.98 Å². The van der Waals surface area contributed by atoms with E-state index in [1.54, 1.807) is 6.92 Å².